The van der Waals surface area contributed by atoms with Crippen LogP contribution >= 0.6 is 11.8 Å². The molecule has 2 heterocycles. The van der Waals surface area contributed by atoms with Gasteiger partial charge in [-0.05, 0) is 50.2 Å². The van der Waals surface area contributed by atoms with Gasteiger partial charge in [0.2, 0.25) is 5.88 Å². The summed E-state index contributed by atoms with van der Waals surface area (Å²) in [6, 6.07) is 8.78. The standard InChI is InChI=1S/C20H24N4O.C3H8S.CH2O2/c1-20(2)17(24-16-18(21)22-12-23-19(16)25-20)15-10-8-14(9-11-15)13-6-4-3-5-7-13;1-3-4-2;2-1-3/h8-13H,3-7H2,1-2H3,(H2,21,22,23);3H2,1-2H3;1H,(H,2,3). The van der Waals surface area contributed by atoms with Gasteiger partial charge in [-0.3, -0.25) is 4.79 Å². The van der Waals surface area contributed by atoms with E-state index >= 15 is 0 Å². The van der Waals surface area contributed by atoms with E-state index in [1.54, 1.807) is 0 Å². The van der Waals surface area contributed by atoms with E-state index < -0.39 is 5.60 Å². The number of aromatic nitrogens is 2. The number of hydrogen-bond acceptors (Lipinski definition) is 7. The van der Waals surface area contributed by atoms with Crippen LogP contribution < -0.4 is 10.5 Å². The van der Waals surface area contributed by atoms with Gasteiger partial charge in [-0.1, -0.05) is 50.5 Å². The largest absolute Gasteiger partial charge is 0.483 e. The minimum Gasteiger partial charge on any atom is -0.483 e. The highest BCUT2D eigenvalue weighted by atomic mass is 32.2. The van der Waals surface area contributed by atoms with Gasteiger partial charge < -0.3 is 15.6 Å². The van der Waals surface area contributed by atoms with Crippen LogP contribution in [0.2, 0.25) is 0 Å². The van der Waals surface area contributed by atoms with Gasteiger partial charge in [0.05, 0.1) is 5.71 Å². The Morgan fingerprint density at radius 2 is 1.78 bits per heavy atom. The Kier molecular flexibility index (Phi) is 9.97. The molecule has 2 aromatic rings. The average Bonchev–Trinajstić information content (AvgIpc) is 2.80. The minimum absolute atomic E-state index is 0.250. The van der Waals surface area contributed by atoms with Gasteiger partial charge in [-0.15, -0.1) is 0 Å². The first kappa shape index (κ1) is 25.6. The average molecular weight is 459 g/mol. The van der Waals surface area contributed by atoms with Crippen molar-refractivity contribution in [2.45, 2.75) is 64.4 Å². The number of nitrogens with zero attached hydrogens (tertiary/aromatic N) is 3. The van der Waals surface area contributed by atoms with Crippen molar-refractivity contribution >= 4 is 35.5 Å². The molecule has 32 heavy (non-hydrogen) atoms. The molecule has 0 bridgehead atoms. The summed E-state index contributed by atoms with van der Waals surface area (Å²) in [6.45, 7) is 5.90. The van der Waals surface area contributed by atoms with Crippen molar-refractivity contribution in [1.29, 1.82) is 0 Å². The summed E-state index contributed by atoms with van der Waals surface area (Å²) in [4.78, 5) is 21.3. The van der Waals surface area contributed by atoms with Crippen molar-refractivity contribution in [1.82, 2.24) is 9.97 Å². The summed E-state index contributed by atoms with van der Waals surface area (Å²) in [5.41, 5.74) is 9.25. The third-order valence-corrected chi connectivity index (χ3v) is 6.09. The molecule has 1 aliphatic carbocycles. The number of thioether (sulfide) groups is 1. The molecule has 8 heteroatoms. The Balaban J connectivity index is 0.000000459. The molecule has 1 saturated carbocycles. The minimum atomic E-state index is -0.569. The van der Waals surface area contributed by atoms with Crippen molar-refractivity contribution in [3.8, 4) is 5.88 Å². The van der Waals surface area contributed by atoms with Crippen molar-refractivity contribution in [3.05, 3.63) is 41.7 Å². The van der Waals surface area contributed by atoms with Crippen LogP contribution in [-0.4, -0.2) is 44.9 Å². The lowest BCUT2D eigenvalue weighted by Crippen LogP contribution is -2.41. The molecule has 4 rings (SSSR count). The molecular weight excluding hydrogens is 424 g/mol. The quantitative estimate of drug-likeness (QED) is 0.587. The first-order chi connectivity index (χ1) is 15.4. The number of nitrogens with two attached hydrogens (primary N) is 1. The summed E-state index contributed by atoms with van der Waals surface area (Å²) in [5, 5.41) is 6.89. The van der Waals surface area contributed by atoms with Crippen LogP contribution in [0.4, 0.5) is 11.5 Å². The molecule has 7 nitrogen and oxygen atoms in total. The molecule has 174 valence electrons. The number of aliphatic imine (C=N–C) groups is 1. The molecule has 1 fully saturated rings. The van der Waals surface area contributed by atoms with Gasteiger partial charge in [0.15, 0.2) is 11.5 Å². The fourth-order valence-electron chi connectivity index (χ4n) is 3.85. The van der Waals surface area contributed by atoms with E-state index in [1.807, 2.05) is 25.6 Å². The second-order valence-corrected chi connectivity index (χ2v) is 9.28. The Morgan fingerprint density at radius 3 is 2.34 bits per heavy atom. The van der Waals surface area contributed by atoms with Crippen LogP contribution in [0.3, 0.4) is 0 Å². The van der Waals surface area contributed by atoms with Crippen molar-refractivity contribution in [2.75, 3.05) is 17.7 Å². The normalized spacial score (nSPS) is 16.7. The molecule has 0 amide bonds. The van der Waals surface area contributed by atoms with E-state index in [0.717, 1.165) is 11.3 Å². The Bertz CT molecular complexity index is 893. The van der Waals surface area contributed by atoms with Crippen LogP contribution in [-0.2, 0) is 4.79 Å². The van der Waals surface area contributed by atoms with Gasteiger partial charge in [0.1, 0.15) is 11.9 Å². The number of fused-ring (bicyclic) bond motifs is 1. The second kappa shape index (κ2) is 12.4. The monoisotopic (exact) mass is 458 g/mol. The number of ether oxygens (including phenoxy) is 1. The molecule has 0 atom stereocenters. The van der Waals surface area contributed by atoms with Crippen LogP contribution in [0.5, 0.6) is 5.88 Å². The summed E-state index contributed by atoms with van der Waals surface area (Å²) in [6.07, 6.45) is 10.2. The lowest BCUT2D eigenvalue weighted by molar-refractivity contribution is -0.122. The van der Waals surface area contributed by atoms with Crippen LogP contribution in [0.15, 0.2) is 35.6 Å². The summed E-state index contributed by atoms with van der Waals surface area (Å²) in [7, 11) is 0. The Morgan fingerprint density at radius 1 is 1.19 bits per heavy atom. The zero-order chi connectivity index (χ0) is 23.6. The predicted octanol–water partition coefficient (Wildman–Crippen LogP) is 5.47. The molecule has 3 N–H and O–H groups in total. The number of hydrogen-bond donors (Lipinski definition) is 2. The number of nitrogen functional groups attached to an aromatic ring is 1. The molecule has 1 aromatic carbocycles. The van der Waals surface area contributed by atoms with Crippen LogP contribution in [0, 0.1) is 0 Å². The molecule has 0 saturated heterocycles. The Labute approximate surface area is 194 Å². The van der Waals surface area contributed by atoms with Gasteiger partial charge >= 0.3 is 0 Å². The van der Waals surface area contributed by atoms with Crippen LogP contribution in [0.25, 0.3) is 0 Å². The van der Waals surface area contributed by atoms with E-state index in [2.05, 4.69) is 47.4 Å². The lowest BCUT2D eigenvalue weighted by Gasteiger charge is -2.32. The van der Waals surface area contributed by atoms with E-state index in [9.17, 15) is 0 Å². The first-order valence-electron chi connectivity index (χ1n) is 10.9. The van der Waals surface area contributed by atoms with E-state index in [-0.39, 0.29) is 6.47 Å². The van der Waals surface area contributed by atoms with Crippen molar-refractivity contribution in [2.24, 2.45) is 4.99 Å². The number of anilines is 1. The molecule has 1 aliphatic heterocycles. The summed E-state index contributed by atoms with van der Waals surface area (Å²) < 4.78 is 6.05. The number of carbonyl (C=O) groups is 1. The molecule has 0 unspecified atom stereocenters. The number of rotatable bonds is 3. The van der Waals surface area contributed by atoms with E-state index in [0.29, 0.717) is 23.3 Å². The number of benzene rings is 1. The Hall–Kier alpha value is -2.61. The van der Waals surface area contributed by atoms with Gasteiger partial charge in [0, 0.05) is 5.56 Å². The predicted molar refractivity (Wildman–Crippen MR) is 132 cm³/mol. The van der Waals surface area contributed by atoms with Crippen molar-refractivity contribution < 1.29 is 14.6 Å². The van der Waals surface area contributed by atoms with Gasteiger partial charge in [0.25, 0.3) is 6.47 Å². The maximum atomic E-state index is 8.36. The highest BCUT2D eigenvalue weighted by Gasteiger charge is 2.35. The summed E-state index contributed by atoms with van der Waals surface area (Å²) in [5.74, 6) is 2.72. The van der Waals surface area contributed by atoms with E-state index in [1.165, 1.54) is 49.7 Å². The molecule has 2 aliphatic rings. The van der Waals surface area contributed by atoms with Gasteiger partial charge in [-0.2, -0.15) is 16.7 Å². The molecular formula is C24H34N4O3S. The first-order valence-corrected chi connectivity index (χ1v) is 12.3. The lowest BCUT2D eigenvalue weighted by atomic mass is 9.83. The number of carboxylic acid groups (broad SMARTS) is 1. The topological polar surface area (TPSA) is 111 Å². The third-order valence-electron chi connectivity index (χ3n) is 5.51. The van der Waals surface area contributed by atoms with Gasteiger partial charge in [-0.25, -0.2) is 9.98 Å². The fraction of sp³-hybridized carbons (Fsp3) is 0.500. The highest BCUT2D eigenvalue weighted by Crippen LogP contribution is 2.39. The second-order valence-electron chi connectivity index (χ2n) is 8.13. The summed E-state index contributed by atoms with van der Waals surface area (Å²) >= 11 is 1.86. The molecule has 0 spiro atoms. The van der Waals surface area contributed by atoms with Crippen molar-refractivity contribution in [3.63, 3.8) is 0 Å². The zero-order valence-electron chi connectivity index (χ0n) is 19.4. The highest BCUT2D eigenvalue weighted by molar-refractivity contribution is 7.98. The zero-order valence-corrected chi connectivity index (χ0v) is 20.2. The van der Waals surface area contributed by atoms with Crippen LogP contribution in [0.1, 0.15) is 69.9 Å². The van der Waals surface area contributed by atoms with E-state index in [4.69, 9.17) is 25.4 Å². The SMILES string of the molecule is CC1(C)Oc2ncnc(N)c2N=C1c1ccc(C2CCCCC2)cc1.CCSC.O=CO. The third kappa shape index (κ3) is 6.69. The molecule has 1 aromatic heterocycles. The molecule has 0 radical (unpaired) electrons. The maximum absolute atomic E-state index is 8.36. The fourth-order valence-corrected chi connectivity index (χ4v) is 3.85. The maximum Gasteiger partial charge on any atom is 0.290 e. The smallest absolute Gasteiger partial charge is 0.290 e.